The molecule has 0 radical (unpaired) electrons. The maximum absolute atomic E-state index is 11.4. The van der Waals surface area contributed by atoms with E-state index in [4.69, 9.17) is 0 Å². The second-order valence-corrected chi connectivity index (χ2v) is 5.25. The summed E-state index contributed by atoms with van der Waals surface area (Å²) in [6.45, 7) is 7.81. The summed E-state index contributed by atoms with van der Waals surface area (Å²) in [7, 11) is 0. The molecule has 3 heteroatoms. The Morgan fingerprint density at radius 1 is 1.21 bits per heavy atom. The molecule has 0 saturated heterocycles. The smallest absolute Gasteiger partial charge is 0.221 e. The van der Waals surface area contributed by atoms with Crippen molar-refractivity contribution in [3.05, 3.63) is 35.9 Å². The van der Waals surface area contributed by atoms with Crippen LogP contribution in [0.1, 0.15) is 45.2 Å². The van der Waals surface area contributed by atoms with Gasteiger partial charge in [0.2, 0.25) is 5.91 Å². The minimum absolute atomic E-state index is 0.117. The Kier molecular flexibility index (Phi) is 7.19. The van der Waals surface area contributed by atoms with Crippen molar-refractivity contribution in [2.24, 2.45) is 5.92 Å². The monoisotopic (exact) mass is 262 g/mol. The van der Waals surface area contributed by atoms with Crippen LogP contribution in [-0.4, -0.2) is 19.0 Å². The third-order valence-corrected chi connectivity index (χ3v) is 3.03. The molecule has 1 amide bonds. The first-order valence-electron chi connectivity index (χ1n) is 7.18. The Morgan fingerprint density at radius 2 is 1.89 bits per heavy atom. The molecule has 0 heterocycles. The van der Waals surface area contributed by atoms with Gasteiger partial charge in [0.1, 0.15) is 0 Å². The molecule has 0 aliphatic rings. The lowest BCUT2D eigenvalue weighted by atomic mass is 9.97. The van der Waals surface area contributed by atoms with Crippen LogP contribution in [0, 0.1) is 5.92 Å². The largest absolute Gasteiger partial charge is 0.356 e. The summed E-state index contributed by atoms with van der Waals surface area (Å²) in [4.78, 5) is 11.4. The fourth-order valence-electron chi connectivity index (χ4n) is 2.14. The number of carbonyl (C=O) groups is 1. The minimum atomic E-state index is 0.117. The van der Waals surface area contributed by atoms with Crippen LogP contribution in [0.2, 0.25) is 0 Å². The molecule has 0 aliphatic carbocycles. The molecule has 1 rings (SSSR count). The summed E-state index contributed by atoms with van der Waals surface area (Å²) in [6, 6.07) is 10.8. The topological polar surface area (TPSA) is 41.1 Å². The van der Waals surface area contributed by atoms with E-state index in [2.05, 4.69) is 48.7 Å². The lowest BCUT2D eigenvalue weighted by molar-refractivity contribution is -0.120. The molecule has 2 N–H and O–H groups in total. The predicted molar refractivity (Wildman–Crippen MR) is 79.9 cm³/mol. The van der Waals surface area contributed by atoms with Gasteiger partial charge in [-0.3, -0.25) is 4.79 Å². The van der Waals surface area contributed by atoms with Crippen LogP contribution in [0.4, 0.5) is 0 Å². The van der Waals surface area contributed by atoms with Crippen LogP contribution < -0.4 is 10.6 Å². The van der Waals surface area contributed by atoms with Crippen LogP contribution >= 0.6 is 0 Å². The SMILES string of the molecule is CCNC(=O)CCNC(CC(C)C)c1ccccc1. The van der Waals surface area contributed by atoms with Crippen molar-refractivity contribution in [3.8, 4) is 0 Å². The van der Waals surface area contributed by atoms with Crippen molar-refractivity contribution < 1.29 is 4.79 Å². The number of carbonyl (C=O) groups excluding carboxylic acids is 1. The number of amides is 1. The van der Waals surface area contributed by atoms with Crippen molar-refractivity contribution in [2.45, 2.75) is 39.7 Å². The summed E-state index contributed by atoms with van der Waals surface area (Å²) in [5.41, 5.74) is 1.30. The zero-order valence-corrected chi connectivity index (χ0v) is 12.3. The third kappa shape index (κ3) is 6.39. The Hall–Kier alpha value is -1.35. The molecule has 0 spiro atoms. The summed E-state index contributed by atoms with van der Waals surface area (Å²) in [5, 5.41) is 6.32. The molecular weight excluding hydrogens is 236 g/mol. The van der Waals surface area contributed by atoms with E-state index in [0.29, 0.717) is 24.9 Å². The Morgan fingerprint density at radius 3 is 2.47 bits per heavy atom. The van der Waals surface area contributed by atoms with Gasteiger partial charge in [-0.05, 0) is 24.8 Å². The summed E-state index contributed by atoms with van der Waals surface area (Å²) in [6.07, 6.45) is 1.62. The molecule has 0 aromatic heterocycles. The second kappa shape index (κ2) is 8.70. The Labute approximate surface area is 116 Å². The fraction of sp³-hybridized carbons (Fsp3) is 0.562. The van der Waals surface area contributed by atoms with E-state index in [1.54, 1.807) is 0 Å². The van der Waals surface area contributed by atoms with Gasteiger partial charge in [-0.15, -0.1) is 0 Å². The lowest BCUT2D eigenvalue weighted by Crippen LogP contribution is -2.30. The van der Waals surface area contributed by atoms with E-state index < -0.39 is 0 Å². The number of hydrogen-bond acceptors (Lipinski definition) is 2. The number of rotatable bonds is 8. The number of benzene rings is 1. The number of hydrogen-bond donors (Lipinski definition) is 2. The molecule has 1 atom stereocenters. The minimum Gasteiger partial charge on any atom is -0.356 e. The fourth-order valence-corrected chi connectivity index (χ4v) is 2.14. The standard InChI is InChI=1S/C16H26N2O/c1-4-17-16(19)10-11-18-15(12-13(2)3)14-8-6-5-7-9-14/h5-9,13,15,18H,4,10-12H2,1-3H3,(H,17,19). The first kappa shape index (κ1) is 15.7. The third-order valence-electron chi connectivity index (χ3n) is 3.03. The summed E-state index contributed by atoms with van der Waals surface area (Å²) < 4.78 is 0. The van der Waals surface area contributed by atoms with Gasteiger partial charge in [0, 0.05) is 25.6 Å². The Bertz CT molecular complexity index is 362. The van der Waals surface area contributed by atoms with Gasteiger partial charge in [0.25, 0.3) is 0 Å². The highest BCUT2D eigenvalue weighted by Gasteiger charge is 2.12. The van der Waals surface area contributed by atoms with Crippen LogP contribution in [0.25, 0.3) is 0 Å². The highest BCUT2D eigenvalue weighted by atomic mass is 16.1. The van der Waals surface area contributed by atoms with E-state index in [1.165, 1.54) is 5.56 Å². The number of nitrogens with one attached hydrogen (secondary N) is 2. The van der Waals surface area contributed by atoms with Gasteiger partial charge in [-0.25, -0.2) is 0 Å². The highest BCUT2D eigenvalue weighted by Crippen LogP contribution is 2.20. The molecule has 1 aromatic carbocycles. The molecule has 3 nitrogen and oxygen atoms in total. The van der Waals surface area contributed by atoms with Crippen molar-refractivity contribution in [1.29, 1.82) is 0 Å². The van der Waals surface area contributed by atoms with Crippen molar-refractivity contribution in [1.82, 2.24) is 10.6 Å². The molecule has 1 unspecified atom stereocenters. The first-order valence-corrected chi connectivity index (χ1v) is 7.18. The zero-order valence-electron chi connectivity index (χ0n) is 12.3. The maximum Gasteiger partial charge on any atom is 0.221 e. The quantitative estimate of drug-likeness (QED) is 0.756. The first-order chi connectivity index (χ1) is 9.13. The second-order valence-electron chi connectivity index (χ2n) is 5.25. The highest BCUT2D eigenvalue weighted by molar-refractivity contribution is 5.75. The molecule has 0 fully saturated rings. The molecule has 1 aromatic rings. The van der Waals surface area contributed by atoms with E-state index in [-0.39, 0.29) is 5.91 Å². The lowest BCUT2D eigenvalue weighted by Gasteiger charge is -2.21. The average molecular weight is 262 g/mol. The molecular formula is C16H26N2O. The molecule has 19 heavy (non-hydrogen) atoms. The van der Waals surface area contributed by atoms with Gasteiger partial charge in [0.05, 0.1) is 0 Å². The van der Waals surface area contributed by atoms with E-state index in [0.717, 1.165) is 13.0 Å². The summed E-state index contributed by atoms with van der Waals surface area (Å²) >= 11 is 0. The maximum atomic E-state index is 11.4. The van der Waals surface area contributed by atoms with Gasteiger partial charge >= 0.3 is 0 Å². The van der Waals surface area contributed by atoms with E-state index >= 15 is 0 Å². The van der Waals surface area contributed by atoms with Crippen LogP contribution in [-0.2, 0) is 4.79 Å². The summed E-state index contributed by atoms with van der Waals surface area (Å²) in [5.74, 6) is 0.744. The zero-order chi connectivity index (χ0) is 14.1. The van der Waals surface area contributed by atoms with E-state index in [9.17, 15) is 4.79 Å². The van der Waals surface area contributed by atoms with E-state index in [1.807, 2.05) is 13.0 Å². The van der Waals surface area contributed by atoms with Gasteiger partial charge in [-0.2, -0.15) is 0 Å². The predicted octanol–water partition coefficient (Wildman–Crippen LogP) is 2.89. The Balaban J connectivity index is 2.49. The van der Waals surface area contributed by atoms with Crippen molar-refractivity contribution in [3.63, 3.8) is 0 Å². The van der Waals surface area contributed by atoms with Crippen molar-refractivity contribution in [2.75, 3.05) is 13.1 Å². The average Bonchev–Trinajstić information content (AvgIpc) is 2.38. The van der Waals surface area contributed by atoms with Crippen molar-refractivity contribution >= 4 is 5.91 Å². The molecule has 0 saturated carbocycles. The van der Waals surface area contributed by atoms with Crippen LogP contribution in [0.15, 0.2) is 30.3 Å². The van der Waals surface area contributed by atoms with Crippen LogP contribution in [0.3, 0.4) is 0 Å². The van der Waals surface area contributed by atoms with Crippen LogP contribution in [0.5, 0.6) is 0 Å². The molecule has 106 valence electrons. The van der Waals surface area contributed by atoms with Gasteiger partial charge in [0.15, 0.2) is 0 Å². The molecule has 0 aliphatic heterocycles. The van der Waals surface area contributed by atoms with Gasteiger partial charge in [-0.1, -0.05) is 44.2 Å². The van der Waals surface area contributed by atoms with Gasteiger partial charge < -0.3 is 10.6 Å². The molecule has 0 bridgehead atoms. The normalized spacial score (nSPS) is 12.4.